The fourth-order valence-electron chi connectivity index (χ4n) is 4.05. The molecule has 4 rings (SSSR count). The standard InChI is InChI=1S/C34H31BrN2O6/c1-3-40-31-18-24(10-15-30(31)42-21-23-8-6-5-7-9-23)22-43-33-29(35)17-25(19-32(33)41-4-2)16-26(20-36)34(39)37-27-11-13-28(38)14-12-27/h5-19,38H,3-4,21-22H2,1-2H3,(H,37,39)/b26-16+. The van der Waals surface area contributed by atoms with E-state index in [2.05, 4.69) is 21.2 Å². The third kappa shape index (κ3) is 8.77. The Kier molecular flexibility index (Phi) is 11.1. The smallest absolute Gasteiger partial charge is 0.266 e. The monoisotopic (exact) mass is 642 g/mol. The van der Waals surface area contributed by atoms with Crippen molar-refractivity contribution in [1.29, 1.82) is 5.26 Å². The van der Waals surface area contributed by atoms with Gasteiger partial charge >= 0.3 is 0 Å². The molecule has 0 fully saturated rings. The van der Waals surface area contributed by atoms with Crippen LogP contribution in [0.3, 0.4) is 0 Å². The highest BCUT2D eigenvalue weighted by molar-refractivity contribution is 9.10. The molecule has 4 aromatic rings. The van der Waals surface area contributed by atoms with Crippen LogP contribution in [0.1, 0.15) is 30.5 Å². The molecule has 220 valence electrons. The fraction of sp³-hybridized carbons (Fsp3) is 0.176. The lowest BCUT2D eigenvalue weighted by atomic mass is 10.1. The van der Waals surface area contributed by atoms with Gasteiger partial charge in [0.1, 0.15) is 30.6 Å². The summed E-state index contributed by atoms with van der Waals surface area (Å²) in [6.45, 7) is 5.29. The van der Waals surface area contributed by atoms with Crippen LogP contribution in [-0.4, -0.2) is 24.2 Å². The van der Waals surface area contributed by atoms with E-state index in [9.17, 15) is 15.2 Å². The van der Waals surface area contributed by atoms with Crippen LogP contribution in [0, 0.1) is 11.3 Å². The van der Waals surface area contributed by atoms with Gasteiger partial charge in [-0.2, -0.15) is 5.26 Å². The summed E-state index contributed by atoms with van der Waals surface area (Å²) in [5, 5.41) is 21.8. The number of nitrogens with zero attached hydrogens (tertiary/aromatic N) is 1. The molecule has 0 unspecified atom stereocenters. The largest absolute Gasteiger partial charge is 0.508 e. The number of ether oxygens (including phenoxy) is 4. The van der Waals surface area contributed by atoms with E-state index >= 15 is 0 Å². The van der Waals surface area contributed by atoms with E-state index < -0.39 is 5.91 Å². The second-order valence-corrected chi connectivity index (χ2v) is 10.1. The molecule has 0 aliphatic rings. The maximum Gasteiger partial charge on any atom is 0.266 e. The summed E-state index contributed by atoms with van der Waals surface area (Å²) in [6, 6.07) is 27.0. The number of hydrogen-bond donors (Lipinski definition) is 2. The number of phenols is 1. The number of benzene rings is 4. The summed E-state index contributed by atoms with van der Waals surface area (Å²) < 4.78 is 24.5. The lowest BCUT2D eigenvalue weighted by Crippen LogP contribution is -2.13. The van der Waals surface area contributed by atoms with Crippen molar-refractivity contribution in [2.24, 2.45) is 0 Å². The first-order chi connectivity index (χ1) is 20.9. The molecule has 2 N–H and O–H groups in total. The Morgan fingerprint density at radius 1 is 0.837 bits per heavy atom. The van der Waals surface area contributed by atoms with Crippen molar-refractivity contribution in [3.05, 3.63) is 112 Å². The molecule has 9 heteroatoms. The molecule has 0 atom stereocenters. The number of amides is 1. The van der Waals surface area contributed by atoms with Crippen LogP contribution in [0.2, 0.25) is 0 Å². The van der Waals surface area contributed by atoms with E-state index in [-0.39, 0.29) is 17.9 Å². The topological polar surface area (TPSA) is 110 Å². The predicted octanol–water partition coefficient (Wildman–Crippen LogP) is 7.66. The Hall–Kier alpha value is -4.94. The van der Waals surface area contributed by atoms with E-state index in [0.717, 1.165) is 11.1 Å². The summed E-state index contributed by atoms with van der Waals surface area (Å²) in [5.41, 5.74) is 2.84. The Morgan fingerprint density at radius 2 is 1.53 bits per heavy atom. The van der Waals surface area contributed by atoms with Crippen LogP contribution in [0.4, 0.5) is 5.69 Å². The van der Waals surface area contributed by atoms with Crippen molar-refractivity contribution in [2.45, 2.75) is 27.1 Å². The summed E-state index contributed by atoms with van der Waals surface area (Å²) in [7, 11) is 0. The molecule has 0 aromatic heterocycles. The van der Waals surface area contributed by atoms with E-state index in [0.29, 0.717) is 58.5 Å². The second-order valence-electron chi connectivity index (χ2n) is 9.21. The van der Waals surface area contributed by atoms with Crippen LogP contribution in [0.25, 0.3) is 6.08 Å². The second kappa shape index (κ2) is 15.3. The lowest BCUT2D eigenvalue weighted by molar-refractivity contribution is -0.112. The average Bonchev–Trinajstić information content (AvgIpc) is 3.01. The molecular weight excluding hydrogens is 612 g/mol. The van der Waals surface area contributed by atoms with Gasteiger partial charge < -0.3 is 29.4 Å². The summed E-state index contributed by atoms with van der Waals surface area (Å²) in [4.78, 5) is 12.7. The number of carbonyl (C=O) groups excluding carboxylic acids is 1. The molecule has 0 radical (unpaired) electrons. The van der Waals surface area contributed by atoms with Crippen LogP contribution >= 0.6 is 15.9 Å². The zero-order valence-corrected chi connectivity index (χ0v) is 25.4. The minimum absolute atomic E-state index is 0.0734. The number of rotatable bonds is 13. The van der Waals surface area contributed by atoms with Crippen LogP contribution in [0.5, 0.6) is 28.7 Å². The van der Waals surface area contributed by atoms with Crippen molar-refractivity contribution in [3.8, 4) is 34.8 Å². The molecule has 43 heavy (non-hydrogen) atoms. The van der Waals surface area contributed by atoms with Gasteiger partial charge in [-0.25, -0.2) is 0 Å². The SMILES string of the molecule is CCOc1cc(COc2c(Br)cc(/C=C(\C#N)C(=O)Nc3ccc(O)cc3)cc2OCC)ccc1OCc1ccccc1. The fourth-order valence-corrected chi connectivity index (χ4v) is 4.63. The zero-order valence-electron chi connectivity index (χ0n) is 23.8. The maximum atomic E-state index is 12.7. The number of anilines is 1. The molecule has 4 aromatic carbocycles. The minimum Gasteiger partial charge on any atom is -0.508 e. The molecule has 0 saturated carbocycles. The summed E-state index contributed by atoms with van der Waals surface area (Å²) in [6.07, 6.45) is 1.47. The van der Waals surface area contributed by atoms with Gasteiger partial charge in [0.15, 0.2) is 23.0 Å². The van der Waals surface area contributed by atoms with Crippen LogP contribution < -0.4 is 24.3 Å². The number of hydrogen-bond acceptors (Lipinski definition) is 7. The predicted molar refractivity (Wildman–Crippen MR) is 168 cm³/mol. The number of carbonyl (C=O) groups is 1. The number of nitrogens with one attached hydrogen (secondary N) is 1. The van der Waals surface area contributed by atoms with E-state index in [1.807, 2.05) is 68.4 Å². The number of phenolic OH excluding ortho intramolecular Hbond substituents is 1. The molecule has 0 aliphatic carbocycles. The van der Waals surface area contributed by atoms with Gasteiger partial charge in [0.05, 0.1) is 17.7 Å². The Morgan fingerprint density at radius 3 is 2.23 bits per heavy atom. The number of aromatic hydroxyl groups is 1. The first kappa shape index (κ1) is 31.0. The molecule has 0 saturated heterocycles. The van der Waals surface area contributed by atoms with Crippen molar-refractivity contribution in [1.82, 2.24) is 0 Å². The Labute approximate surface area is 259 Å². The molecule has 0 heterocycles. The van der Waals surface area contributed by atoms with Crippen molar-refractivity contribution >= 4 is 33.6 Å². The van der Waals surface area contributed by atoms with Gasteiger partial charge in [-0.05, 0) is 101 Å². The highest BCUT2D eigenvalue weighted by Crippen LogP contribution is 2.39. The average molecular weight is 644 g/mol. The molecule has 0 bridgehead atoms. The highest BCUT2D eigenvalue weighted by atomic mass is 79.9. The quantitative estimate of drug-likeness (QED) is 0.0875. The highest BCUT2D eigenvalue weighted by Gasteiger charge is 2.16. The first-order valence-electron chi connectivity index (χ1n) is 13.6. The van der Waals surface area contributed by atoms with Gasteiger partial charge in [0.25, 0.3) is 5.91 Å². The summed E-state index contributed by atoms with van der Waals surface area (Å²) in [5.74, 6) is 1.69. The third-order valence-corrected chi connectivity index (χ3v) is 6.65. The normalized spacial score (nSPS) is 10.9. The molecule has 8 nitrogen and oxygen atoms in total. The van der Waals surface area contributed by atoms with E-state index in [4.69, 9.17) is 18.9 Å². The zero-order chi connectivity index (χ0) is 30.6. The number of halogens is 1. The Bertz CT molecular complexity index is 1610. The maximum absolute atomic E-state index is 12.7. The Balaban J connectivity index is 1.50. The van der Waals surface area contributed by atoms with Crippen LogP contribution in [-0.2, 0) is 18.0 Å². The minimum atomic E-state index is -0.580. The van der Waals surface area contributed by atoms with Gasteiger partial charge in [0.2, 0.25) is 0 Å². The van der Waals surface area contributed by atoms with Crippen LogP contribution in [0.15, 0.2) is 95.0 Å². The van der Waals surface area contributed by atoms with E-state index in [1.54, 1.807) is 24.3 Å². The lowest BCUT2D eigenvalue weighted by Gasteiger charge is -2.16. The van der Waals surface area contributed by atoms with Crippen molar-refractivity contribution in [2.75, 3.05) is 18.5 Å². The van der Waals surface area contributed by atoms with Crippen molar-refractivity contribution < 1.29 is 28.8 Å². The third-order valence-electron chi connectivity index (χ3n) is 6.06. The van der Waals surface area contributed by atoms with Gasteiger partial charge in [-0.15, -0.1) is 0 Å². The molecule has 0 aliphatic heterocycles. The van der Waals surface area contributed by atoms with Gasteiger partial charge in [-0.1, -0.05) is 36.4 Å². The molecule has 1 amide bonds. The molecule has 0 spiro atoms. The van der Waals surface area contributed by atoms with Gasteiger partial charge in [-0.3, -0.25) is 4.79 Å². The van der Waals surface area contributed by atoms with Gasteiger partial charge in [0, 0.05) is 5.69 Å². The van der Waals surface area contributed by atoms with Crippen molar-refractivity contribution in [3.63, 3.8) is 0 Å². The number of nitriles is 1. The summed E-state index contributed by atoms with van der Waals surface area (Å²) >= 11 is 3.56. The molecular formula is C34H31BrN2O6. The van der Waals surface area contributed by atoms with E-state index in [1.165, 1.54) is 18.2 Å². The first-order valence-corrected chi connectivity index (χ1v) is 14.4.